The molecule has 1 amide bonds. The van der Waals surface area contributed by atoms with Crippen LogP contribution in [-0.4, -0.2) is 21.8 Å². The fraction of sp³-hybridized carbons (Fsp3) is 0.238. The number of carbonyl (C=O) groups is 1. The van der Waals surface area contributed by atoms with Crippen molar-refractivity contribution in [2.45, 2.75) is 33.0 Å². The first kappa shape index (κ1) is 17.7. The summed E-state index contributed by atoms with van der Waals surface area (Å²) in [5, 5.41) is 7.20. The molecule has 26 heavy (non-hydrogen) atoms. The Morgan fingerprint density at radius 3 is 2.54 bits per heavy atom. The molecule has 0 aliphatic carbocycles. The molecule has 3 aromatic rings. The fourth-order valence-electron chi connectivity index (χ4n) is 2.65. The molecule has 0 fully saturated rings. The number of nitrogens with zero attached hydrogens (tertiary/aromatic N) is 2. The van der Waals surface area contributed by atoms with Gasteiger partial charge >= 0.3 is 0 Å². The smallest absolute Gasteiger partial charge is 0.261 e. The van der Waals surface area contributed by atoms with Gasteiger partial charge in [-0.15, -0.1) is 0 Å². The van der Waals surface area contributed by atoms with Crippen LogP contribution in [0.2, 0.25) is 0 Å². The third kappa shape index (κ3) is 4.72. The number of rotatable bonds is 7. The summed E-state index contributed by atoms with van der Waals surface area (Å²) in [5.41, 5.74) is 3.35. The number of nitrogens with one attached hydrogen (secondary N) is 1. The van der Waals surface area contributed by atoms with Gasteiger partial charge in [0.25, 0.3) is 5.91 Å². The van der Waals surface area contributed by atoms with Crippen LogP contribution in [0.25, 0.3) is 0 Å². The molecule has 5 heteroatoms. The van der Waals surface area contributed by atoms with E-state index in [1.54, 1.807) is 13.1 Å². The summed E-state index contributed by atoms with van der Waals surface area (Å²) in [6, 6.07) is 17.6. The lowest BCUT2D eigenvalue weighted by molar-refractivity contribution is -0.127. The molecule has 0 aliphatic rings. The molecule has 0 aliphatic heterocycles. The van der Waals surface area contributed by atoms with Gasteiger partial charge in [0.2, 0.25) is 0 Å². The maximum absolute atomic E-state index is 12.4. The molecule has 5 nitrogen and oxygen atoms in total. The van der Waals surface area contributed by atoms with Crippen LogP contribution in [0.3, 0.4) is 0 Å². The Kier molecular flexibility index (Phi) is 5.69. The molecule has 0 saturated carbocycles. The summed E-state index contributed by atoms with van der Waals surface area (Å²) in [7, 11) is 0. The van der Waals surface area contributed by atoms with Crippen molar-refractivity contribution in [2.75, 3.05) is 0 Å². The van der Waals surface area contributed by atoms with Gasteiger partial charge in [-0.25, -0.2) is 0 Å². The fourth-order valence-corrected chi connectivity index (χ4v) is 2.65. The summed E-state index contributed by atoms with van der Waals surface area (Å²) in [4.78, 5) is 12.4. The molecule has 1 atom stereocenters. The minimum absolute atomic E-state index is 0.139. The molecule has 0 saturated heterocycles. The van der Waals surface area contributed by atoms with Crippen molar-refractivity contribution in [3.63, 3.8) is 0 Å². The number of aryl methyl sites for hydroxylation is 1. The van der Waals surface area contributed by atoms with Crippen LogP contribution in [0.5, 0.6) is 5.75 Å². The summed E-state index contributed by atoms with van der Waals surface area (Å²) >= 11 is 0. The molecule has 1 aromatic heterocycles. The molecule has 0 radical (unpaired) electrons. The minimum atomic E-state index is -0.559. The molecular weight excluding hydrogens is 326 g/mol. The first-order valence-corrected chi connectivity index (χ1v) is 8.67. The van der Waals surface area contributed by atoms with Gasteiger partial charge in [0.15, 0.2) is 6.10 Å². The van der Waals surface area contributed by atoms with Crippen molar-refractivity contribution in [3.8, 4) is 5.75 Å². The van der Waals surface area contributed by atoms with E-state index < -0.39 is 6.10 Å². The van der Waals surface area contributed by atoms with Crippen LogP contribution in [-0.2, 0) is 17.9 Å². The van der Waals surface area contributed by atoms with Crippen molar-refractivity contribution in [1.29, 1.82) is 0 Å². The van der Waals surface area contributed by atoms with Crippen LogP contribution < -0.4 is 10.1 Å². The molecule has 0 bridgehead atoms. The Morgan fingerprint density at radius 2 is 1.85 bits per heavy atom. The first-order chi connectivity index (χ1) is 12.6. The molecule has 3 rings (SSSR count). The number of aromatic nitrogens is 2. The summed E-state index contributed by atoms with van der Waals surface area (Å²) in [5.74, 6) is 0.553. The quantitative estimate of drug-likeness (QED) is 0.712. The molecular formula is C21H23N3O2. The molecule has 0 spiro atoms. The van der Waals surface area contributed by atoms with Crippen molar-refractivity contribution in [1.82, 2.24) is 15.1 Å². The van der Waals surface area contributed by atoms with Gasteiger partial charge in [0, 0.05) is 18.9 Å². The molecule has 1 heterocycles. The second-order valence-electron chi connectivity index (χ2n) is 6.26. The number of hydrogen-bond donors (Lipinski definition) is 1. The van der Waals surface area contributed by atoms with Gasteiger partial charge in [-0.1, -0.05) is 42.0 Å². The van der Waals surface area contributed by atoms with Crippen molar-refractivity contribution < 1.29 is 9.53 Å². The Morgan fingerprint density at radius 1 is 1.12 bits per heavy atom. The van der Waals surface area contributed by atoms with E-state index in [1.165, 1.54) is 0 Å². The zero-order chi connectivity index (χ0) is 18.4. The highest BCUT2D eigenvalue weighted by Gasteiger charge is 2.15. The largest absolute Gasteiger partial charge is 0.481 e. The molecule has 1 unspecified atom stereocenters. The van der Waals surface area contributed by atoms with Crippen LogP contribution in [0.1, 0.15) is 23.6 Å². The lowest BCUT2D eigenvalue weighted by atomic mass is 10.1. The lowest BCUT2D eigenvalue weighted by Crippen LogP contribution is -2.36. The average Bonchev–Trinajstić information content (AvgIpc) is 3.15. The average molecular weight is 349 g/mol. The highest BCUT2D eigenvalue weighted by molar-refractivity contribution is 5.80. The molecule has 2 aromatic carbocycles. The van der Waals surface area contributed by atoms with Crippen molar-refractivity contribution in [3.05, 3.63) is 83.7 Å². The van der Waals surface area contributed by atoms with Gasteiger partial charge in [0.1, 0.15) is 5.75 Å². The van der Waals surface area contributed by atoms with Crippen molar-refractivity contribution in [2.24, 2.45) is 0 Å². The Bertz CT molecular complexity index is 842. The van der Waals surface area contributed by atoms with Crippen LogP contribution >= 0.6 is 0 Å². The van der Waals surface area contributed by atoms with Gasteiger partial charge in [0.05, 0.1) is 6.54 Å². The third-order valence-corrected chi connectivity index (χ3v) is 4.17. The van der Waals surface area contributed by atoms with Gasteiger partial charge in [-0.05, 0) is 43.2 Å². The van der Waals surface area contributed by atoms with Crippen LogP contribution in [0, 0.1) is 6.92 Å². The lowest BCUT2D eigenvalue weighted by Gasteiger charge is -2.16. The van der Waals surface area contributed by atoms with Crippen molar-refractivity contribution >= 4 is 5.91 Å². The van der Waals surface area contributed by atoms with E-state index in [2.05, 4.69) is 16.5 Å². The third-order valence-electron chi connectivity index (χ3n) is 4.17. The number of benzene rings is 2. The SMILES string of the molecule is Cc1ccc(OC(C)C(=O)NCc2ccccc2Cn2cccn2)cc1. The zero-order valence-electron chi connectivity index (χ0n) is 15.1. The highest BCUT2D eigenvalue weighted by atomic mass is 16.5. The minimum Gasteiger partial charge on any atom is -0.481 e. The van der Waals surface area contributed by atoms with E-state index in [4.69, 9.17) is 4.74 Å². The predicted molar refractivity (Wildman–Crippen MR) is 101 cm³/mol. The van der Waals surface area contributed by atoms with Gasteiger partial charge in [-0.3, -0.25) is 9.48 Å². The second kappa shape index (κ2) is 8.34. The van der Waals surface area contributed by atoms with E-state index in [0.29, 0.717) is 18.8 Å². The predicted octanol–water partition coefficient (Wildman–Crippen LogP) is 3.32. The van der Waals surface area contributed by atoms with E-state index >= 15 is 0 Å². The topological polar surface area (TPSA) is 56.1 Å². The van der Waals surface area contributed by atoms with Crippen LogP contribution in [0.4, 0.5) is 0 Å². The van der Waals surface area contributed by atoms with E-state index in [9.17, 15) is 4.79 Å². The first-order valence-electron chi connectivity index (χ1n) is 8.67. The monoisotopic (exact) mass is 349 g/mol. The Labute approximate surface area is 153 Å². The summed E-state index contributed by atoms with van der Waals surface area (Å²) in [6.07, 6.45) is 3.12. The van der Waals surface area contributed by atoms with E-state index in [-0.39, 0.29) is 5.91 Å². The Hall–Kier alpha value is -3.08. The number of ether oxygens (including phenoxy) is 1. The number of amides is 1. The number of carbonyl (C=O) groups excluding carboxylic acids is 1. The summed E-state index contributed by atoms with van der Waals surface area (Å²) < 4.78 is 7.57. The second-order valence-corrected chi connectivity index (χ2v) is 6.26. The number of hydrogen-bond acceptors (Lipinski definition) is 3. The van der Waals surface area contributed by atoms with E-state index in [1.807, 2.05) is 66.3 Å². The van der Waals surface area contributed by atoms with Crippen LogP contribution in [0.15, 0.2) is 67.0 Å². The summed E-state index contributed by atoms with van der Waals surface area (Å²) in [6.45, 7) is 4.90. The Balaban J connectivity index is 1.58. The van der Waals surface area contributed by atoms with Gasteiger partial charge < -0.3 is 10.1 Å². The standard InChI is InChI=1S/C21H23N3O2/c1-16-8-10-20(11-9-16)26-17(2)21(25)22-14-18-6-3-4-7-19(18)15-24-13-5-12-23-24/h3-13,17H,14-15H2,1-2H3,(H,22,25). The maximum atomic E-state index is 12.4. The molecule has 134 valence electrons. The van der Waals surface area contributed by atoms with Gasteiger partial charge in [-0.2, -0.15) is 5.10 Å². The highest BCUT2D eigenvalue weighted by Crippen LogP contribution is 2.14. The van der Waals surface area contributed by atoms with E-state index in [0.717, 1.165) is 16.7 Å². The molecule has 1 N–H and O–H groups in total. The maximum Gasteiger partial charge on any atom is 0.261 e. The normalized spacial score (nSPS) is 11.8. The zero-order valence-corrected chi connectivity index (χ0v) is 15.1.